The van der Waals surface area contributed by atoms with Crippen LogP contribution >= 0.6 is 23.4 Å². The van der Waals surface area contributed by atoms with Crippen molar-refractivity contribution in [1.29, 1.82) is 0 Å². The molecule has 34 heavy (non-hydrogen) atoms. The molecule has 0 aromatic heterocycles. The second kappa shape index (κ2) is 11.0. The number of benzene rings is 4. The van der Waals surface area contributed by atoms with Gasteiger partial charge in [-0.05, 0) is 72.3 Å². The summed E-state index contributed by atoms with van der Waals surface area (Å²) in [7, 11) is 0. The predicted octanol–water partition coefficient (Wildman–Crippen LogP) is 7.20. The molecule has 2 N–H and O–H groups in total. The first-order valence-electron chi connectivity index (χ1n) is 10.4. The molecule has 7 heteroatoms. The van der Waals surface area contributed by atoms with Gasteiger partial charge in [0.05, 0.1) is 0 Å². The van der Waals surface area contributed by atoms with Gasteiger partial charge in [-0.3, -0.25) is 9.59 Å². The molecule has 0 spiro atoms. The quantitative estimate of drug-likeness (QED) is 0.269. The smallest absolute Gasteiger partial charge is 0.255 e. The second-order valence-electron chi connectivity index (χ2n) is 7.39. The molecule has 0 fully saturated rings. The molecule has 0 saturated carbocycles. The molecular weight excluding hydrogens is 471 g/mol. The van der Waals surface area contributed by atoms with Crippen LogP contribution in [0.15, 0.2) is 108 Å². The first-order chi connectivity index (χ1) is 16.5. The van der Waals surface area contributed by atoms with Gasteiger partial charge in [-0.15, -0.1) is 11.8 Å². The van der Waals surface area contributed by atoms with E-state index in [-0.39, 0.29) is 11.8 Å². The van der Waals surface area contributed by atoms with Crippen LogP contribution in [0.4, 0.5) is 15.8 Å². The van der Waals surface area contributed by atoms with Crippen molar-refractivity contribution < 1.29 is 14.0 Å². The highest BCUT2D eigenvalue weighted by molar-refractivity contribution is 8.00. The molecule has 0 aliphatic rings. The fraction of sp³-hybridized carbons (Fsp3) is 0.0370. The lowest BCUT2D eigenvalue weighted by Gasteiger charge is -2.18. The Morgan fingerprint density at radius 2 is 1.47 bits per heavy atom. The van der Waals surface area contributed by atoms with E-state index < -0.39 is 11.1 Å². The van der Waals surface area contributed by atoms with E-state index in [1.54, 1.807) is 36.4 Å². The Balaban J connectivity index is 1.53. The minimum atomic E-state index is -0.528. The summed E-state index contributed by atoms with van der Waals surface area (Å²) >= 11 is 7.32. The molecule has 4 rings (SSSR count). The van der Waals surface area contributed by atoms with Crippen LogP contribution < -0.4 is 10.6 Å². The van der Waals surface area contributed by atoms with Crippen molar-refractivity contribution in [3.05, 3.63) is 125 Å². The van der Waals surface area contributed by atoms with Crippen molar-refractivity contribution in [2.45, 2.75) is 10.1 Å². The molecule has 1 unspecified atom stereocenters. The van der Waals surface area contributed by atoms with Crippen molar-refractivity contribution in [3.8, 4) is 0 Å². The monoisotopic (exact) mass is 490 g/mol. The van der Waals surface area contributed by atoms with Gasteiger partial charge < -0.3 is 10.6 Å². The minimum Gasteiger partial charge on any atom is -0.325 e. The third-order valence-corrected chi connectivity index (χ3v) is 6.40. The number of hydrogen-bond donors (Lipinski definition) is 2. The summed E-state index contributed by atoms with van der Waals surface area (Å²) in [5.41, 5.74) is 2.42. The van der Waals surface area contributed by atoms with Gasteiger partial charge in [0, 0.05) is 26.9 Å². The Kier molecular flexibility index (Phi) is 7.62. The molecule has 0 aliphatic heterocycles. The van der Waals surface area contributed by atoms with Gasteiger partial charge in [0.2, 0.25) is 5.91 Å². The lowest BCUT2D eigenvalue weighted by Crippen LogP contribution is -2.19. The number of thioether (sulfide) groups is 1. The normalized spacial score (nSPS) is 11.5. The Morgan fingerprint density at radius 1 is 0.765 bits per heavy atom. The van der Waals surface area contributed by atoms with E-state index in [4.69, 9.17) is 11.6 Å². The second-order valence-corrected chi connectivity index (χ2v) is 9.01. The summed E-state index contributed by atoms with van der Waals surface area (Å²) in [6.07, 6.45) is 0. The summed E-state index contributed by atoms with van der Waals surface area (Å²) < 4.78 is 13.1. The Bertz CT molecular complexity index is 1280. The molecule has 0 heterocycles. The zero-order valence-electron chi connectivity index (χ0n) is 17.9. The first-order valence-corrected chi connectivity index (χ1v) is 11.7. The number of halogens is 2. The fourth-order valence-electron chi connectivity index (χ4n) is 3.23. The van der Waals surface area contributed by atoms with Gasteiger partial charge in [-0.25, -0.2) is 4.39 Å². The van der Waals surface area contributed by atoms with Crippen LogP contribution in [-0.2, 0) is 4.79 Å². The van der Waals surface area contributed by atoms with Crippen LogP contribution in [0.2, 0.25) is 5.02 Å². The van der Waals surface area contributed by atoms with E-state index in [9.17, 15) is 14.0 Å². The van der Waals surface area contributed by atoms with Crippen molar-refractivity contribution in [3.63, 3.8) is 0 Å². The van der Waals surface area contributed by atoms with Crippen molar-refractivity contribution in [2.75, 3.05) is 10.6 Å². The van der Waals surface area contributed by atoms with Crippen LogP contribution in [0.1, 0.15) is 21.2 Å². The van der Waals surface area contributed by atoms with Crippen LogP contribution in [-0.4, -0.2) is 11.8 Å². The highest BCUT2D eigenvalue weighted by Gasteiger charge is 2.22. The number of amides is 2. The van der Waals surface area contributed by atoms with E-state index in [2.05, 4.69) is 10.6 Å². The summed E-state index contributed by atoms with van der Waals surface area (Å²) in [6.45, 7) is 0. The van der Waals surface area contributed by atoms with Crippen LogP contribution in [0, 0.1) is 5.82 Å². The van der Waals surface area contributed by atoms with Gasteiger partial charge in [0.25, 0.3) is 5.91 Å². The van der Waals surface area contributed by atoms with Crippen LogP contribution in [0.3, 0.4) is 0 Å². The highest BCUT2D eigenvalue weighted by atomic mass is 35.5. The summed E-state index contributed by atoms with van der Waals surface area (Å²) in [4.78, 5) is 26.5. The van der Waals surface area contributed by atoms with Gasteiger partial charge in [-0.1, -0.05) is 48.0 Å². The third-order valence-electron chi connectivity index (χ3n) is 4.90. The van der Waals surface area contributed by atoms with E-state index in [1.807, 2.05) is 42.5 Å². The Labute approximate surface area is 206 Å². The number of carbonyl (C=O) groups is 2. The zero-order valence-corrected chi connectivity index (χ0v) is 19.4. The number of hydrogen-bond acceptors (Lipinski definition) is 3. The maximum atomic E-state index is 13.2. The lowest BCUT2D eigenvalue weighted by molar-refractivity contribution is -0.115. The molecule has 4 aromatic rings. The Morgan fingerprint density at radius 3 is 2.18 bits per heavy atom. The van der Waals surface area contributed by atoms with E-state index in [0.717, 1.165) is 10.5 Å². The highest BCUT2D eigenvalue weighted by Crippen LogP contribution is 2.37. The summed E-state index contributed by atoms with van der Waals surface area (Å²) in [6, 6.07) is 29.0. The van der Waals surface area contributed by atoms with Crippen LogP contribution in [0.25, 0.3) is 0 Å². The van der Waals surface area contributed by atoms with E-state index in [0.29, 0.717) is 22.0 Å². The average Bonchev–Trinajstić information content (AvgIpc) is 2.85. The number of rotatable bonds is 7. The maximum Gasteiger partial charge on any atom is 0.255 e. The minimum absolute atomic E-state index is 0.181. The van der Waals surface area contributed by atoms with E-state index >= 15 is 0 Å². The van der Waals surface area contributed by atoms with Crippen LogP contribution in [0.5, 0.6) is 0 Å². The third kappa shape index (κ3) is 6.25. The average molecular weight is 491 g/mol. The zero-order chi connectivity index (χ0) is 23.9. The lowest BCUT2D eigenvalue weighted by atomic mass is 10.1. The van der Waals surface area contributed by atoms with Crippen molar-refractivity contribution in [2.24, 2.45) is 0 Å². The van der Waals surface area contributed by atoms with Gasteiger partial charge in [0.15, 0.2) is 0 Å². The van der Waals surface area contributed by atoms with Gasteiger partial charge in [0.1, 0.15) is 11.1 Å². The maximum absolute atomic E-state index is 13.2. The number of nitrogens with one attached hydrogen (secondary N) is 2. The van der Waals surface area contributed by atoms with Gasteiger partial charge in [-0.2, -0.15) is 0 Å². The van der Waals surface area contributed by atoms with Crippen molar-refractivity contribution in [1.82, 2.24) is 0 Å². The van der Waals surface area contributed by atoms with Crippen molar-refractivity contribution >= 4 is 46.6 Å². The predicted molar refractivity (Wildman–Crippen MR) is 136 cm³/mol. The van der Waals surface area contributed by atoms with E-state index in [1.165, 1.54) is 36.0 Å². The molecule has 2 amide bonds. The SMILES string of the molecule is O=C(Nc1cccc(SC(C(=O)Nc2ccc(Cl)cc2)c2ccccc2)c1)c1ccc(F)cc1. The molecule has 170 valence electrons. The summed E-state index contributed by atoms with van der Waals surface area (Å²) in [5.74, 6) is -0.930. The molecule has 0 radical (unpaired) electrons. The fourth-order valence-corrected chi connectivity index (χ4v) is 4.44. The van der Waals surface area contributed by atoms with Gasteiger partial charge >= 0.3 is 0 Å². The Hall–Kier alpha value is -3.61. The summed E-state index contributed by atoms with van der Waals surface area (Å²) in [5, 5.41) is 5.82. The molecule has 4 nitrogen and oxygen atoms in total. The molecule has 0 bridgehead atoms. The molecule has 1 atom stereocenters. The molecule has 0 saturated heterocycles. The number of carbonyl (C=O) groups excluding carboxylic acids is 2. The standard InChI is InChI=1S/C27H20ClFN2O2S/c28-20-11-15-22(16-12-20)30-27(33)25(18-5-2-1-3-6-18)34-24-8-4-7-23(17-24)31-26(32)19-9-13-21(29)14-10-19/h1-17,25H,(H,30,33)(H,31,32). The first kappa shape index (κ1) is 23.5. The largest absolute Gasteiger partial charge is 0.325 e. The molecule has 0 aliphatic carbocycles. The topological polar surface area (TPSA) is 58.2 Å². The molecular formula is C27H20ClFN2O2S. The molecule has 4 aromatic carbocycles. The number of anilines is 2.